The Labute approximate surface area is 198 Å². The van der Waals surface area contributed by atoms with E-state index in [2.05, 4.69) is 15.3 Å². The van der Waals surface area contributed by atoms with Crippen LogP contribution >= 0.6 is 0 Å². The summed E-state index contributed by atoms with van der Waals surface area (Å²) in [6.07, 6.45) is 2.02. The first-order chi connectivity index (χ1) is 16.4. The summed E-state index contributed by atoms with van der Waals surface area (Å²) >= 11 is 0. The molecule has 1 aromatic heterocycles. The van der Waals surface area contributed by atoms with Crippen molar-refractivity contribution < 1.29 is 24.2 Å². The third-order valence-corrected chi connectivity index (χ3v) is 5.28. The van der Waals surface area contributed by atoms with Gasteiger partial charge in [-0.1, -0.05) is 61.5 Å². The van der Waals surface area contributed by atoms with E-state index in [9.17, 15) is 14.4 Å². The summed E-state index contributed by atoms with van der Waals surface area (Å²) in [4.78, 5) is 43.9. The van der Waals surface area contributed by atoms with Gasteiger partial charge in [0, 0.05) is 12.2 Å². The van der Waals surface area contributed by atoms with E-state index >= 15 is 0 Å². The molecule has 3 rings (SSSR count). The van der Waals surface area contributed by atoms with Crippen molar-refractivity contribution in [3.63, 3.8) is 0 Å². The van der Waals surface area contributed by atoms with Gasteiger partial charge in [0.15, 0.2) is 5.69 Å². The normalized spacial score (nSPS) is 12.4. The minimum atomic E-state index is -1.25. The van der Waals surface area contributed by atoms with Crippen LogP contribution in [0.1, 0.15) is 46.9 Å². The number of carbonyl (C=O) groups excluding carboxylic acids is 2. The molecule has 2 atom stereocenters. The molecular formula is C26H27N3O5. The maximum absolute atomic E-state index is 12.8. The van der Waals surface area contributed by atoms with Gasteiger partial charge in [-0.15, -0.1) is 0 Å². The molecule has 2 N–H and O–H groups in total. The van der Waals surface area contributed by atoms with Gasteiger partial charge in [0.25, 0.3) is 5.91 Å². The van der Waals surface area contributed by atoms with Crippen LogP contribution in [0.4, 0.5) is 0 Å². The number of esters is 1. The predicted octanol–water partition coefficient (Wildman–Crippen LogP) is 3.77. The van der Waals surface area contributed by atoms with Crippen molar-refractivity contribution in [1.29, 1.82) is 0 Å². The number of hydrogen-bond acceptors (Lipinski definition) is 6. The second kappa shape index (κ2) is 11.7. The Bertz CT molecular complexity index is 1130. The van der Waals surface area contributed by atoms with Crippen LogP contribution in [0.25, 0.3) is 11.1 Å². The average Bonchev–Trinajstić information content (AvgIpc) is 2.85. The molecule has 0 aliphatic rings. The number of hydrogen-bond donors (Lipinski definition) is 2. The zero-order chi connectivity index (χ0) is 24.5. The summed E-state index contributed by atoms with van der Waals surface area (Å²) in [6, 6.07) is 18.8. The SMILES string of the molecule is CCOC(=O)C(C)CC(Cc1ccc(-c2ccccc2)cc1)NC(=O)c1nccc(C(=O)O)n1. The Morgan fingerprint density at radius 2 is 1.68 bits per heavy atom. The standard InChI is InChI=1S/C26H27N3O5/c1-3-34-26(33)17(2)15-21(28-24(30)23-27-14-13-22(29-23)25(31)32)16-18-9-11-20(12-10-18)19-7-5-4-6-8-19/h4-14,17,21H,3,15-16H2,1-2H3,(H,28,30)(H,31,32). The fourth-order valence-electron chi connectivity index (χ4n) is 3.59. The molecule has 8 heteroatoms. The highest BCUT2D eigenvalue weighted by molar-refractivity contribution is 5.92. The van der Waals surface area contributed by atoms with Gasteiger partial charge in [-0.05, 0) is 42.5 Å². The molecule has 0 radical (unpaired) electrons. The Morgan fingerprint density at radius 1 is 1.00 bits per heavy atom. The van der Waals surface area contributed by atoms with Crippen molar-refractivity contribution in [2.75, 3.05) is 6.61 Å². The lowest BCUT2D eigenvalue weighted by molar-refractivity contribution is -0.147. The minimum Gasteiger partial charge on any atom is -0.477 e. The van der Waals surface area contributed by atoms with E-state index in [1.807, 2.05) is 54.6 Å². The highest BCUT2D eigenvalue weighted by atomic mass is 16.5. The van der Waals surface area contributed by atoms with Gasteiger partial charge in [-0.25, -0.2) is 14.8 Å². The van der Waals surface area contributed by atoms with Gasteiger partial charge in [-0.3, -0.25) is 9.59 Å². The molecule has 3 aromatic rings. The first-order valence-corrected chi connectivity index (χ1v) is 11.1. The lowest BCUT2D eigenvalue weighted by Gasteiger charge is -2.21. The summed E-state index contributed by atoms with van der Waals surface area (Å²) in [7, 11) is 0. The van der Waals surface area contributed by atoms with Crippen LogP contribution in [0.3, 0.4) is 0 Å². The Morgan fingerprint density at radius 3 is 2.32 bits per heavy atom. The summed E-state index contributed by atoms with van der Waals surface area (Å²) in [5.74, 6) is -2.88. The second-order valence-corrected chi connectivity index (χ2v) is 7.90. The number of carbonyl (C=O) groups is 3. The molecule has 1 amide bonds. The Hall–Kier alpha value is -4.07. The van der Waals surface area contributed by atoms with Gasteiger partial charge in [-0.2, -0.15) is 0 Å². The number of nitrogens with one attached hydrogen (secondary N) is 1. The maximum atomic E-state index is 12.8. The number of carboxylic acid groups (broad SMARTS) is 1. The van der Waals surface area contributed by atoms with E-state index in [0.717, 1.165) is 16.7 Å². The zero-order valence-corrected chi connectivity index (χ0v) is 19.1. The fourth-order valence-corrected chi connectivity index (χ4v) is 3.59. The molecule has 1 heterocycles. The van der Waals surface area contributed by atoms with Crippen molar-refractivity contribution in [3.05, 3.63) is 83.9 Å². The quantitative estimate of drug-likeness (QED) is 0.441. The minimum absolute atomic E-state index is 0.242. The van der Waals surface area contributed by atoms with E-state index in [1.165, 1.54) is 12.3 Å². The first kappa shape index (κ1) is 24.6. The molecule has 34 heavy (non-hydrogen) atoms. The molecule has 0 aliphatic heterocycles. The van der Waals surface area contributed by atoms with E-state index in [4.69, 9.17) is 9.84 Å². The largest absolute Gasteiger partial charge is 0.477 e. The Balaban J connectivity index is 1.77. The number of rotatable bonds is 10. The number of benzene rings is 2. The van der Waals surface area contributed by atoms with E-state index < -0.39 is 23.8 Å². The van der Waals surface area contributed by atoms with Crippen molar-refractivity contribution in [2.45, 2.75) is 32.7 Å². The molecule has 0 aliphatic carbocycles. The molecule has 2 aromatic carbocycles. The highest BCUT2D eigenvalue weighted by Gasteiger charge is 2.23. The van der Waals surface area contributed by atoms with E-state index in [-0.39, 0.29) is 24.1 Å². The van der Waals surface area contributed by atoms with Crippen molar-refractivity contribution in [2.24, 2.45) is 5.92 Å². The predicted molar refractivity (Wildman–Crippen MR) is 126 cm³/mol. The third-order valence-electron chi connectivity index (χ3n) is 5.28. The van der Waals surface area contributed by atoms with Crippen molar-refractivity contribution in [3.8, 4) is 11.1 Å². The van der Waals surface area contributed by atoms with Crippen molar-refractivity contribution >= 4 is 17.8 Å². The van der Waals surface area contributed by atoms with Gasteiger partial charge >= 0.3 is 11.9 Å². The van der Waals surface area contributed by atoms with Gasteiger partial charge in [0.2, 0.25) is 5.82 Å². The molecule has 0 saturated heterocycles. The van der Waals surface area contributed by atoms with E-state index in [0.29, 0.717) is 12.8 Å². The van der Waals surface area contributed by atoms with Crippen LogP contribution < -0.4 is 5.32 Å². The third kappa shape index (κ3) is 6.71. The first-order valence-electron chi connectivity index (χ1n) is 11.1. The molecule has 8 nitrogen and oxygen atoms in total. The number of aromatic nitrogens is 2. The van der Waals surface area contributed by atoms with E-state index in [1.54, 1.807) is 13.8 Å². The molecule has 0 fully saturated rings. The zero-order valence-electron chi connectivity index (χ0n) is 19.1. The molecule has 0 spiro atoms. The van der Waals surface area contributed by atoms with Gasteiger partial charge < -0.3 is 15.2 Å². The van der Waals surface area contributed by atoms with Crippen molar-refractivity contribution in [1.82, 2.24) is 15.3 Å². The van der Waals surface area contributed by atoms with Crippen LogP contribution in [0, 0.1) is 5.92 Å². The highest BCUT2D eigenvalue weighted by Crippen LogP contribution is 2.21. The van der Waals surface area contributed by atoms with Crippen LogP contribution in [-0.2, 0) is 16.0 Å². The fraction of sp³-hybridized carbons (Fsp3) is 0.269. The molecule has 176 valence electrons. The van der Waals surface area contributed by atoms with Crippen LogP contribution in [0.5, 0.6) is 0 Å². The Kier molecular flexibility index (Phi) is 8.45. The van der Waals surface area contributed by atoms with Gasteiger partial charge in [0.05, 0.1) is 12.5 Å². The second-order valence-electron chi connectivity index (χ2n) is 7.90. The lowest BCUT2D eigenvalue weighted by atomic mass is 9.95. The van der Waals surface area contributed by atoms with Crippen LogP contribution in [-0.4, -0.2) is 45.6 Å². The molecule has 0 bridgehead atoms. The summed E-state index contributed by atoms with van der Waals surface area (Å²) < 4.78 is 5.11. The number of aromatic carboxylic acids is 1. The lowest BCUT2D eigenvalue weighted by Crippen LogP contribution is -2.39. The van der Waals surface area contributed by atoms with Crippen LogP contribution in [0.2, 0.25) is 0 Å². The molecule has 2 unspecified atom stereocenters. The number of carboxylic acids is 1. The smallest absolute Gasteiger partial charge is 0.354 e. The topological polar surface area (TPSA) is 118 Å². The molecular weight excluding hydrogens is 434 g/mol. The monoisotopic (exact) mass is 461 g/mol. The number of amides is 1. The summed E-state index contributed by atoms with van der Waals surface area (Å²) in [5, 5.41) is 12.0. The maximum Gasteiger partial charge on any atom is 0.354 e. The van der Waals surface area contributed by atoms with Crippen LogP contribution in [0.15, 0.2) is 66.9 Å². The number of nitrogens with zero attached hydrogens (tertiary/aromatic N) is 2. The molecule has 0 saturated carbocycles. The average molecular weight is 462 g/mol. The number of ether oxygens (including phenoxy) is 1. The summed E-state index contributed by atoms with van der Waals surface area (Å²) in [6.45, 7) is 3.76. The summed E-state index contributed by atoms with van der Waals surface area (Å²) in [5.41, 5.74) is 2.88. The van der Waals surface area contributed by atoms with Gasteiger partial charge in [0.1, 0.15) is 0 Å².